The minimum absolute atomic E-state index is 0.00392. The molecule has 20 heavy (non-hydrogen) atoms. The number of carbonyl (C=O) groups is 1. The maximum atomic E-state index is 11.8. The first-order chi connectivity index (χ1) is 9.49. The van der Waals surface area contributed by atoms with Gasteiger partial charge < -0.3 is 15.8 Å². The molecule has 1 amide bonds. The highest BCUT2D eigenvalue weighted by atomic mass is 16.6. The molecule has 0 spiro atoms. The molecule has 0 saturated carbocycles. The van der Waals surface area contributed by atoms with Gasteiger partial charge in [0.2, 0.25) is 5.91 Å². The summed E-state index contributed by atoms with van der Waals surface area (Å²) in [5.74, 6) is -0.388. The van der Waals surface area contributed by atoms with Gasteiger partial charge in [-0.1, -0.05) is 13.0 Å². The standard InChI is InChI=1S/C13H19N3O4/c1-3-9-4-5-10(8-12(9)16(18)19)15-13(17)11(14)6-7-20-2/h4-5,8,11H,3,6-7,14H2,1-2H3,(H,15,17). The molecular formula is C13H19N3O4. The summed E-state index contributed by atoms with van der Waals surface area (Å²) >= 11 is 0. The van der Waals surface area contributed by atoms with Crippen LogP contribution in [-0.4, -0.2) is 30.6 Å². The van der Waals surface area contributed by atoms with Gasteiger partial charge in [-0.05, 0) is 18.9 Å². The lowest BCUT2D eigenvalue weighted by Crippen LogP contribution is -2.36. The second-order valence-electron chi connectivity index (χ2n) is 4.33. The molecule has 7 nitrogen and oxygen atoms in total. The van der Waals surface area contributed by atoms with Crippen molar-refractivity contribution in [1.29, 1.82) is 0 Å². The number of nitrogens with zero attached hydrogens (tertiary/aromatic N) is 1. The first kappa shape index (κ1) is 16.1. The molecule has 1 aromatic rings. The highest BCUT2D eigenvalue weighted by Gasteiger charge is 2.17. The summed E-state index contributed by atoms with van der Waals surface area (Å²) in [5, 5.41) is 13.5. The Balaban J connectivity index is 2.80. The van der Waals surface area contributed by atoms with E-state index >= 15 is 0 Å². The fraction of sp³-hybridized carbons (Fsp3) is 0.462. The molecule has 0 heterocycles. The average Bonchev–Trinajstić information content (AvgIpc) is 2.44. The molecule has 0 aliphatic carbocycles. The minimum Gasteiger partial charge on any atom is -0.385 e. The van der Waals surface area contributed by atoms with Crippen LogP contribution in [-0.2, 0) is 16.0 Å². The highest BCUT2D eigenvalue weighted by Crippen LogP contribution is 2.23. The second-order valence-corrected chi connectivity index (χ2v) is 4.33. The summed E-state index contributed by atoms with van der Waals surface area (Å²) in [5.41, 5.74) is 6.66. The van der Waals surface area contributed by atoms with Crippen LogP contribution in [0.1, 0.15) is 18.9 Å². The number of carbonyl (C=O) groups excluding carboxylic acids is 1. The topological polar surface area (TPSA) is 107 Å². The number of nitrogens with one attached hydrogen (secondary N) is 1. The van der Waals surface area contributed by atoms with Crippen LogP contribution >= 0.6 is 0 Å². The smallest absolute Gasteiger partial charge is 0.274 e. The van der Waals surface area contributed by atoms with E-state index in [0.717, 1.165) is 0 Å². The lowest BCUT2D eigenvalue weighted by atomic mass is 10.1. The molecule has 110 valence electrons. The normalized spacial score (nSPS) is 11.9. The molecule has 0 aliphatic heterocycles. The lowest BCUT2D eigenvalue weighted by molar-refractivity contribution is -0.385. The minimum atomic E-state index is -0.708. The van der Waals surface area contributed by atoms with Gasteiger partial charge in [-0.2, -0.15) is 0 Å². The predicted octanol–water partition coefficient (Wildman–Crippen LogP) is 1.46. The number of hydrogen-bond acceptors (Lipinski definition) is 5. The summed E-state index contributed by atoms with van der Waals surface area (Å²) in [6.45, 7) is 2.21. The van der Waals surface area contributed by atoms with E-state index in [9.17, 15) is 14.9 Å². The van der Waals surface area contributed by atoms with Crippen molar-refractivity contribution in [3.63, 3.8) is 0 Å². The monoisotopic (exact) mass is 281 g/mol. The first-order valence-electron chi connectivity index (χ1n) is 6.32. The number of nitro groups is 1. The SMILES string of the molecule is CCc1ccc(NC(=O)C(N)CCOC)cc1[N+](=O)[O-]. The van der Waals surface area contributed by atoms with Gasteiger partial charge >= 0.3 is 0 Å². The molecule has 0 fully saturated rings. The largest absolute Gasteiger partial charge is 0.385 e. The number of nitrogens with two attached hydrogens (primary N) is 1. The Bertz CT molecular complexity index is 491. The van der Waals surface area contributed by atoms with Crippen molar-refractivity contribution in [3.05, 3.63) is 33.9 Å². The quantitative estimate of drug-likeness (QED) is 0.581. The number of amides is 1. The molecule has 0 aliphatic rings. The number of anilines is 1. The third-order valence-corrected chi connectivity index (χ3v) is 2.90. The zero-order valence-electron chi connectivity index (χ0n) is 11.6. The van der Waals surface area contributed by atoms with Crippen molar-refractivity contribution >= 4 is 17.3 Å². The molecule has 0 saturated heterocycles. The molecule has 0 bridgehead atoms. The highest BCUT2D eigenvalue weighted by molar-refractivity contribution is 5.95. The van der Waals surface area contributed by atoms with Crippen molar-refractivity contribution in [3.8, 4) is 0 Å². The summed E-state index contributed by atoms with van der Waals surface area (Å²) in [4.78, 5) is 22.3. The Morgan fingerprint density at radius 2 is 2.25 bits per heavy atom. The molecule has 1 atom stereocenters. The summed E-state index contributed by atoms with van der Waals surface area (Å²) < 4.78 is 4.84. The molecule has 1 unspecified atom stereocenters. The number of hydrogen-bond donors (Lipinski definition) is 2. The van der Waals surface area contributed by atoms with Crippen LogP contribution in [0.4, 0.5) is 11.4 Å². The van der Waals surface area contributed by atoms with E-state index in [-0.39, 0.29) is 11.6 Å². The van der Waals surface area contributed by atoms with Gasteiger partial charge in [0, 0.05) is 31.0 Å². The molecule has 3 N–H and O–H groups in total. The summed E-state index contributed by atoms with van der Waals surface area (Å²) in [6, 6.07) is 3.90. The molecule has 1 aromatic carbocycles. The third kappa shape index (κ3) is 4.29. The van der Waals surface area contributed by atoms with Crippen molar-refractivity contribution in [1.82, 2.24) is 0 Å². The maximum Gasteiger partial charge on any atom is 0.274 e. The van der Waals surface area contributed by atoms with Gasteiger partial charge in [-0.15, -0.1) is 0 Å². The number of ether oxygens (including phenoxy) is 1. The number of aryl methyl sites for hydroxylation is 1. The van der Waals surface area contributed by atoms with Crippen molar-refractivity contribution < 1.29 is 14.5 Å². The second kappa shape index (κ2) is 7.56. The van der Waals surface area contributed by atoms with Gasteiger partial charge in [0.1, 0.15) is 0 Å². The Kier molecular flexibility index (Phi) is 6.08. The van der Waals surface area contributed by atoms with Crippen LogP contribution in [0.5, 0.6) is 0 Å². The Hall–Kier alpha value is -1.99. The van der Waals surface area contributed by atoms with Gasteiger partial charge in [0.15, 0.2) is 0 Å². The van der Waals surface area contributed by atoms with Crippen LogP contribution < -0.4 is 11.1 Å². The van der Waals surface area contributed by atoms with E-state index in [2.05, 4.69) is 5.32 Å². The molecule has 0 radical (unpaired) electrons. The average molecular weight is 281 g/mol. The van der Waals surface area contributed by atoms with Gasteiger partial charge in [-0.25, -0.2) is 0 Å². The number of benzene rings is 1. The zero-order chi connectivity index (χ0) is 15.1. The van der Waals surface area contributed by atoms with E-state index in [0.29, 0.717) is 30.7 Å². The van der Waals surface area contributed by atoms with Crippen LogP contribution in [0.3, 0.4) is 0 Å². The van der Waals surface area contributed by atoms with E-state index in [1.807, 2.05) is 6.92 Å². The number of rotatable bonds is 7. The number of methoxy groups -OCH3 is 1. The third-order valence-electron chi connectivity index (χ3n) is 2.90. The molecular weight excluding hydrogens is 262 g/mol. The van der Waals surface area contributed by atoms with E-state index in [4.69, 9.17) is 10.5 Å². The first-order valence-corrected chi connectivity index (χ1v) is 6.32. The molecule has 0 aromatic heterocycles. The Morgan fingerprint density at radius 3 is 2.80 bits per heavy atom. The molecule has 1 rings (SSSR count). The van der Waals surface area contributed by atoms with Gasteiger partial charge in [0.25, 0.3) is 5.69 Å². The zero-order valence-corrected chi connectivity index (χ0v) is 11.6. The van der Waals surface area contributed by atoms with E-state index in [1.165, 1.54) is 13.2 Å². The van der Waals surface area contributed by atoms with E-state index in [1.54, 1.807) is 12.1 Å². The van der Waals surface area contributed by atoms with E-state index < -0.39 is 11.0 Å². The fourth-order valence-electron chi connectivity index (χ4n) is 1.72. The predicted molar refractivity (Wildman–Crippen MR) is 75.6 cm³/mol. The number of nitro benzene ring substituents is 1. The lowest BCUT2D eigenvalue weighted by Gasteiger charge is -2.12. The van der Waals surface area contributed by atoms with Gasteiger partial charge in [0.05, 0.1) is 11.0 Å². The van der Waals surface area contributed by atoms with Crippen molar-refractivity contribution in [2.75, 3.05) is 19.0 Å². The van der Waals surface area contributed by atoms with Gasteiger partial charge in [-0.3, -0.25) is 14.9 Å². The Labute approximate surface area is 117 Å². The molecule has 7 heteroatoms. The van der Waals surface area contributed by atoms with Crippen LogP contribution in [0.2, 0.25) is 0 Å². The summed E-state index contributed by atoms with van der Waals surface area (Å²) in [6.07, 6.45) is 0.940. The summed E-state index contributed by atoms with van der Waals surface area (Å²) in [7, 11) is 1.53. The fourth-order valence-corrected chi connectivity index (χ4v) is 1.72. The van der Waals surface area contributed by atoms with Crippen molar-refractivity contribution in [2.45, 2.75) is 25.8 Å². The van der Waals surface area contributed by atoms with Crippen LogP contribution in [0.15, 0.2) is 18.2 Å². The Morgan fingerprint density at radius 1 is 1.55 bits per heavy atom. The van der Waals surface area contributed by atoms with Crippen molar-refractivity contribution in [2.24, 2.45) is 5.73 Å². The van der Waals surface area contributed by atoms with Crippen LogP contribution in [0, 0.1) is 10.1 Å². The maximum absolute atomic E-state index is 11.8. The van der Waals surface area contributed by atoms with Crippen LogP contribution in [0.25, 0.3) is 0 Å².